The van der Waals surface area contributed by atoms with Crippen LogP contribution in [0.25, 0.3) is 0 Å². The van der Waals surface area contributed by atoms with Gasteiger partial charge in [0.05, 0.1) is 5.41 Å². The normalized spacial score (nSPS) is 27.0. The maximum Gasteiger partial charge on any atom is 0.234 e. The Morgan fingerprint density at radius 1 is 1.57 bits per heavy atom. The summed E-state index contributed by atoms with van der Waals surface area (Å²) in [4.78, 5) is 4.37. The summed E-state index contributed by atoms with van der Waals surface area (Å²) in [5.74, 6) is 1.56. The summed E-state index contributed by atoms with van der Waals surface area (Å²) in [5, 5.41) is 7.25. The van der Waals surface area contributed by atoms with Gasteiger partial charge in [0.15, 0.2) is 5.82 Å². The molecule has 0 spiro atoms. The van der Waals surface area contributed by atoms with Gasteiger partial charge in [0.25, 0.3) is 0 Å². The molecule has 1 aliphatic heterocycles. The van der Waals surface area contributed by atoms with E-state index in [4.69, 9.17) is 4.52 Å². The number of nitrogens with one attached hydrogen (secondary N) is 1. The van der Waals surface area contributed by atoms with Gasteiger partial charge in [-0.2, -0.15) is 4.98 Å². The van der Waals surface area contributed by atoms with Crippen molar-refractivity contribution in [2.75, 3.05) is 13.1 Å². The molecular weight excluding hydrogens is 178 g/mol. The number of hydrogen-bond donors (Lipinski definition) is 1. The van der Waals surface area contributed by atoms with Crippen LogP contribution in [-0.2, 0) is 5.41 Å². The van der Waals surface area contributed by atoms with Crippen LogP contribution >= 0.6 is 0 Å². The summed E-state index contributed by atoms with van der Waals surface area (Å²) in [7, 11) is 0. The Morgan fingerprint density at radius 3 is 2.93 bits per heavy atom. The molecule has 1 fully saturated rings. The lowest BCUT2D eigenvalue weighted by atomic mass is 9.82. The Hall–Kier alpha value is -0.900. The molecule has 0 amide bonds. The molecule has 4 nitrogen and oxygen atoms in total. The van der Waals surface area contributed by atoms with E-state index in [1.165, 1.54) is 0 Å². The van der Waals surface area contributed by atoms with E-state index >= 15 is 0 Å². The van der Waals surface area contributed by atoms with Gasteiger partial charge < -0.3 is 9.84 Å². The van der Waals surface area contributed by atoms with Crippen LogP contribution in [0.3, 0.4) is 0 Å². The summed E-state index contributed by atoms with van der Waals surface area (Å²) < 4.78 is 5.30. The van der Waals surface area contributed by atoms with Crippen LogP contribution in [-0.4, -0.2) is 23.2 Å². The highest BCUT2D eigenvalue weighted by molar-refractivity contribution is 5.09. The van der Waals surface area contributed by atoms with Crippen LogP contribution in [0.2, 0.25) is 0 Å². The van der Waals surface area contributed by atoms with Gasteiger partial charge >= 0.3 is 0 Å². The molecule has 4 heteroatoms. The maximum atomic E-state index is 5.30. The molecule has 1 aromatic rings. The average Bonchev–Trinajstić information content (AvgIpc) is 2.75. The van der Waals surface area contributed by atoms with Crippen LogP contribution in [0.15, 0.2) is 4.52 Å². The van der Waals surface area contributed by atoms with Crippen molar-refractivity contribution < 1.29 is 4.52 Å². The molecule has 1 unspecified atom stereocenters. The van der Waals surface area contributed by atoms with E-state index in [0.29, 0.717) is 0 Å². The molecule has 2 heterocycles. The second-order valence-corrected chi connectivity index (χ2v) is 4.10. The van der Waals surface area contributed by atoms with Crippen molar-refractivity contribution in [3.8, 4) is 0 Å². The minimum atomic E-state index is 0.107. The summed E-state index contributed by atoms with van der Waals surface area (Å²) in [5.41, 5.74) is 0.107. The molecule has 0 aromatic carbocycles. The minimum Gasteiger partial charge on any atom is -0.339 e. The van der Waals surface area contributed by atoms with Crippen molar-refractivity contribution >= 4 is 0 Å². The van der Waals surface area contributed by atoms with E-state index in [1.807, 2.05) is 6.92 Å². The summed E-state index contributed by atoms with van der Waals surface area (Å²) in [6.07, 6.45) is 3.40. The van der Waals surface area contributed by atoms with Crippen LogP contribution in [0.4, 0.5) is 0 Å². The van der Waals surface area contributed by atoms with E-state index in [2.05, 4.69) is 22.4 Å². The zero-order valence-electron chi connectivity index (χ0n) is 8.84. The van der Waals surface area contributed by atoms with E-state index < -0.39 is 0 Å². The summed E-state index contributed by atoms with van der Waals surface area (Å²) in [6, 6.07) is 0. The summed E-state index contributed by atoms with van der Waals surface area (Å²) in [6.45, 7) is 6.10. The zero-order chi connectivity index (χ0) is 10.0. The van der Waals surface area contributed by atoms with E-state index in [-0.39, 0.29) is 5.41 Å². The number of aromatic nitrogens is 2. The van der Waals surface area contributed by atoms with Crippen molar-refractivity contribution in [1.82, 2.24) is 15.5 Å². The van der Waals surface area contributed by atoms with Crippen molar-refractivity contribution in [3.05, 3.63) is 11.7 Å². The molecule has 1 aliphatic rings. The molecule has 0 aliphatic carbocycles. The molecule has 14 heavy (non-hydrogen) atoms. The van der Waals surface area contributed by atoms with Crippen molar-refractivity contribution in [3.63, 3.8) is 0 Å². The molecule has 1 saturated heterocycles. The fourth-order valence-electron chi connectivity index (χ4n) is 2.24. The second kappa shape index (κ2) is 3.69. The lowest BCUT2D eigenvalue weighted by Gasteiger charge is -2.22. The number of nitrogens with zero attached hydrogens (tertiary/aromatic N) is 2. The van der Waals surface area contributed by atoms with Gasteiger partial charge in [-0.15, -0.1) is 0 Å². The highest BCUT2D eigenvalue weighted by Crippen LogP contribution is 2.33. The van der Waals surface area contributed by atoms with Gasteiger partial charge in [-0.25, -0.2) is 0 Å². The first-order valence-electron chi connectivity index (χ1n) is 5.28. The third-order valence-corrected chi connectivity index (χ3v) is 2.95. The molecular formula is C10H17N3O. The first kappa shape index (κ1) is 9.65. The first-order valence-corrected chi connectivity index (χ1v) is 5.28. The van der Waals surface area contributed by atoms with Crippen molar-refractivity contribution in [2.24, 2.45) is 0 Å². The van der Waals surface area contributed by atoms with Crippen LogP contribution in [0.1, 0.15) is 37.9 Å². The third-order valence-electron chi connectivity index (χ3n) is 2.95. The Kier molecular flexibility index (Phi) is 2.54. The highest BCUT2D eigenvalue weighted by atomic mass is 16.5. The van der Waals surface area contributed by atoms with E-state index in [1.54, 1.807) is 0 Å². The smallest absolute Gasteiger partial charge is 0.234 e. The third kappa shape index (κ3) is 1.54. The van der Waals surface area contributed by atoms with Gasteiger partial charge in [-0.3, -0.25) is 0 Å². The Balaban J connectivity index is 2.26. The molecule has 0 saturated carbocycles. The van der Waals surface area contributed by atoms with Gasteiger partial charge in [0, 0.05) is 6.54 Å². The highest BCUT2D eigenvalue weighted by Gasteiger charge is 2.39. The lowest BCUT2D eigenvalue weighted by molar-refractivity contribution is 0.276. The number of rotatable bonds is 3. The molecule has 0 bridgehead atoms. The second-order valence-electron chi connectivity index (χ2n) is 4.10. The molecule has 78 valence electrons. The lowest BCUT2D eigenvalue weighted by Crippen LogP contribution is -2.29. The Bertz CT molecular complexity index is 302. The standard InChI is InChI=1S/C10H17N3O/c1-3-4-10(5-6-11-7-10)9-12-8(2)13-14-9/h11H,3-7H2,1-2H3. The van der Waals surface area contributed by atoms with Crippen LogP contribution < -0.4 is 5.32 Å². The van der Waals surface area contributed by atoms with Gasteiger partial charge in [-0.1, -0.05) is 18.5 Å². The van der Waals surface area contributed by atoms with Crippen molar-refractivity contribution in [2.45, 2.75) is 38.5 Å². The maximum absolute atomic E-state index is 5.30. The number of hydrogen-bond acceptors (Lipinski definition) is 4. The molecule has 1 N–H and O–H groups in total. The topological polar surface area (TPSA) is 51.0 Å². The van der Waals surface area contributed by atoms with E-state index in [9.17, 15) is 0 Å². The minimum absolute atomic E-state index is 0.107. The van der Waals surface area contributed by atoms with Gasteiger partial charge in [-0.05, 0) is 26.3 Å². The van der Waals surface area contributed by atoms with Gasteiger partial charge in [0.2, 0.25) is 5.89 Å². The fraction of sp³-hybridized carbons (Fsp3) is 0.800. The van der Waals surface area contributed by atoms with Crippen molar-refractivity contribution in [1.29, 1.82) is 0 Å². The molecule has 1 aromatic heterocycles. The quantitative estimate of drug-likeness (QED) is 0.792. The van der Waals surface area contributed by atoms with Gasteiger partial charge in [0.1, 0.15) is 0 Å². The first-order chi connectivity index (χ1) is 6.77. The van der Waals surface area contributed by atoms with Crippen LogP contribution in [0, 0.1) is 6.92 Å². The number of aryl methyl sites for hydroxylation is 1. The Morgan fingerprint density at radius 2 is 2.43 bits per heavy atom. The summed E-state index contributed by atoms with van der Waals surface area (Å²) >= 11 is 0. The molecule has 0 radical (unpaired) electrons. The fourth-order valence-corrected chi connectivity index (χ4v) is 2.24. The van der Waals surface area contributed by atoms with E-state index in [0.717, 1.165) is 44.1 Å². The SMILES string of the molecule is CCCC1(c2nc(C)no2)CCNC1. The largest absolute Gasteiger partial charge is 0.339 e. The van der Waals surface area contributed by atoms with Crippen LogP contribution in [0.5, 0.6) is 0 Å². The monoisotopic (exact) mass is 195 g/mol. The predicted octanol–water partition coefficient (Wildman–Crippen LogP) is 1.41. The molecule has 2 rings (SSSR count). The Labute approximate surface area is 84.1 Å². The average molecular weight is 195 g/mol. The predicted molar refractivity (Wildman–Crippen MR) is 53.1 cm³/mol. The zero-order valence-corrected chi connectivity index (χ0v) is 8.84. The molecule has 1 atom stereocenters.